The van der Waals surface area contributed by atoms with E-state index < -0.39 is 11.6 Å². The zero-order valence-electron chi connectivity index (χ0n) is 10.6. The molecule has 104 valence electrons. The molecule has 19 heavy (non-hydrogen) atoms. The van der Waals surface area contributed by atoms with Gasteiger partial charge in [-0.05, 0) is 18.6 Å². The molecule has 1 aromatic carbocycles. The van der Waals surface area contributed by atoms with Crippen molar-refractivity contribution in [2.75, 3.05) is 0 Å². The van der Waals surface area contributed by atoms with Gasteiger partial charge < -0.3 is 0 Å². The molecule has 0 heterocycles. The quantitative estimate of drug-likeness (QED) is 0.312. The Bertz CT molecular complexity index is 487. The Morgan fingerprint density at radius 3 is 2.53 bits per heavy atom. The number of halogens is 3. The summed E-state index contributed by atoms with van der Waals surface area (Å²) in [6.07, 6.45) is 2.77. The van der Waals surface area contributed by atoms with Gasteiger partial charge in [-0.25, -0.2) is 4.39 Å². The molecule has 0 atom stereocenters. The highest BCUT2D eigenvalue weighted by molar-refractivity contribution is 6.40. The SMILES string of the molecule is CCCCCC(=O)CC(=O)c1c(Cl)ccc(F)c1Cl. The predicted octanol–water partition coefficient (Wildman–Crippen LogP) is 4.85. The van der Waals surface area contributed by atoms with Gasteiger partial charge in [0, 0.05) is 6.42 Å². The van der Waals surface area contributed by atoms with Gasteiger partial charge in [0.25, 0.3) is 0 Å². The maximum absolute atomic E-state index is 13.3. The van der Waals surface area contributed by atoms with Crippen LogP contribution in [0.2, 0.25) is 10.0 Å². The maximum atomic E-state index is 13.3. The Hall–Kier alpha value is -0.930. The number of hydrogen-bond acceptors (Lipinski definition) is 2. The highest BCUT2D eigenvalue weighted by Gasteiger charge is 2.20. The number of unbranched alkanes of at least 4 members (excludes halogenated alkanes) is 2. The van der Waals surface area contributed by atoms with Crippen molar-refractivity contribution in [3.05, 3.63) is 33.6 Å². The number of rotatable bonds is 7. The summed E-state index contributed by atoms with van der Waals surface area (Å²) < 4.78 is 13.3. The third kappa shape index (κ3) is 4.59. The summed E-state index contributed by atoms with van der Waals surface area (Å²) in [6.45, 7) is 2.03. The van der Waals surface area contributed by atoms with E-state index in [0.717, 1.165) is 25.3 Å². The van der Waals surface area contributed by atoms with E-state index in [-0.39, 0.29) is 27.8 Å². The average Bonchev–Trinajstić information content (AvgIpc) is 2.34. The molecule has 0 unspecified atom stereocenters. The van der Waals surface area contributed by atoms with E-state index in [9.17, 15) is 14.0 Å². The fourth-order valence-corrected chi connectivity index (χ4v) is 2.29. The highest BCUT2D eigenvalue weighted by Crippen LogP contribution is 2.28. The third-order valence-corrected chi connectivity index (χ3v) is 3.42. The van der Waals surface area contributed by atoms with Crippen LogP contribution in [0.25, 0.3) is 0 Å². The van der Waals surface area contributed by atoms with Crippen LogP contribution in [0.1, 0.15) is 49.4 Å². The van der Waals surface area contributed by atoms with Crippen molar-refractivity contribution >= 4 is 34.8 Å². The molecule has 0 N–H and O–H groups in total. The Balaban J connectivity index is 2.74. The van der Waals surface area contributed by atoms with Crippen molar-refractivity contribution in [2.45, 2.75) is 39.0 Å². The molecule has 0 saturated heterocycles. The Labute approximate surface area is 121 Å². The summed E-state index contributed by atoms with van der Waals surface area (Å²) in [4.78, 5) is 23.5. The molecule has 1 rings (SSSR count). The molecule has 1 aromatic rings. The summed E-state index contributed by atoms with van der Waals surface area (Å²) in [5.74, 6) is -1.42. The first kappa shape index (κ1) is 16.1. The highest BCUT2D eigenvalue weighted by atomic mass is 35.5. The second-order valence-corrected chi connectivity index (χ2v) is 5.10. The first-order valence-electron chi connectivity index (χ1n) is 6.15. The number of Topliss-reactive ketones (excluding diaryl/α,β-unsaturated/α-hetero) is 2. The second-order valence-electron chi connectivity index (χ2n) is 4.31. The maximum Gasteiger partial charge on any atom is 0.173 e. The smallest absolute Gasteiger partial charge is 0.173 e. The van der Waals surface area contributed by atoms with Gasteiger partial charge in [0.05, 0.1) is 22.0 Å². The molecular formula is C14H15Cl2FO2. The second kappa shape index (κ2) is 7.61. The molecular weight excluding hydrogens is 290 g/mol. The molecule has 2 nitrogen and oxygen atoms in total. The molecule has 0 aliphatic rings. The van der Waals surface area contributed by atoms with Crippen molar-refractivity contribution in [1.82, 2.24) is 0 Å². The topological polar surface area (TPSA) is 34.1 Å². The number of ketones is 2. The average molecular weight is 305 g/mol. The fraction of sp³-hybridized carbons (Fsp3) is 0.429. The predicted molar refractivity (Wildman–Crippen MR) is 74.5 cm³/mol. The van der Waals surface area contributed by atoms with Gasteiger partial charge in [-0.3, -0.25) is 9.59 Å². The van der Waals surface area contributed by atoms with Crippen LogP contribution in [-0.2, 0) is 4.79 Å². The molecule has 0 saturated carbocycles. The first-order chi connectivity index (χ1) is 8.97. The molecule has 0 aliphatic carbocycles. The van der Waals surface area contributed by atoms with E-state index in [1.807, 2.05) is 6.92 Å². The van der Waals surface area contributed by atoms with Crippen molar-refractivity contribution < 1.29 is 14.0 Å². The summed E-state index contributed by atoms with van der Waals surface area (Å²) in [7, 11) is 0. The van der Waals surface area contributed by atoms with Gasteiger partial charge >= 0.3 is 0 Å². The van der Waals surface area contributed by atoms with Crippen LogP contribution >= 0.6 is 23.2 Å². The normalized spacial score (nSPS) is 10.5. The van der Waals surface area contributed by atoms with E-state index in [0.29, 0.717) is 6.42 Å². The standard InChI is InChI=1S/C14H15Cl2FO2/c1-2-3-4-5-9(18)8-12(19)13-10(15)6-7-11(17)14(13)16/h6-7H,2-5,8H2,1H3. The third-order valence-electron chi connectivity index (χ3n) is 2.74. The molecule has 0 aliphatic heterocycles. The lowest BCUT2D eigenvalue weighted by atomic mass is 10.0. The lowest BCUT2D eigenvalue weighted by Gasteiger charge is -2.06. The van der Waals surface area contributed by atoms with Gasteiger partial charge in [-0.15, -0.1) is 0 Å². The Morgan fingerprint density at radius 1 is 1.21 bits per heavy atom. The summed E-state index contributed by atoms with van der Waals surface area (Å²) in [6, 6.07) is 2.35. The zero-order chi connectivity index (χ0) is 14.4. The van der Waals surface area contributed by atoms with Crippen LogP contribution in [0.5, 0.6) is 0 Å². The van der Waals surface area contributed by atoms with Crippen LogP contribution in [0, 0.1) is 5.82 Å². The molecule has 0 fully saturated rings. The molecule has 0 radical (unpaired) electrons. The van der Waals surface area contributed by atoms with E-state index in [1.165, 1.54) is 6.07 Å². The summed E-state index contributed by atoms with van der Waals surface area (Å²) in [5, 5.41) is -0.253. The van der Waals surface area contributed by atoms with E-state index in [1.54, 1.807) is 0 Å². The largest absolute Gasteiger partial charge is 0.299 e. The van der Waals surface area contributed by atoms with Crippen molar-refractivity contribution in [1.29, 1.82) is 0 Å². The Morgan fingerprint density at radius 2 is 1.89 bits per heavy atom. The lowest BCUT2D eigenvalue weighted by molar-refractivity contribution is -0.118. The van der Waals surface area contributed by atoms with Gasteiger partial charge in [-0.1, -0.05) is 43.0 Å². The van der Waals surface area contributed by atoms with Crippen LogP contribution in [0.4, 0.5) is 4.39 Å². The molecule has 0 spiro atoms. The minimum atomic E-state index is -0.715. The van der Waals surface area contributed by atoms with Gasteiger partial charge in [0.15, 0.2) is 5.78 Å². The zero-order valence-corrected chi connectivity index (χ0v) is 12.2. The number of carbonyl (C=O) groups excluding carboxylic acids is 2. The van der Waals surface area contributed by atoms with Gasteiger partial charge in [-0.2, -0.15) is 0 Å². The van der Waals surface area contributed by atoms with E-state index >= 15 is 0 Å². The summed E-state index contributed by atoms with van der Waals surface area (Å²) in [5.41, 5.74) is -0.104. The number of benzene rings is 1. The Kier molecular flexibility index (Phi) is 6.46. The molecule has 0 bridgehead atoms. The number of hydrogen-bond donors (Lipinski definition) is 0. The molecule has 0 aromatic heterocycles. The number of carbonyl (C=O) groups is 2. The first-order valence-corrected chi connectivity index (χ1v) is 6.91. The van der Waals surface area contributed by atoms with Crippen molar-refractivity contribution in [2.24, 2.45) is 0 Å². The van der Waals surface area contributed by atoms with E-state index in [4.69, 9.17) is 23.2 Å². The minimum Gasteiger partial charge on any atom is -0.299 e. The van der Waals surface area contributed by atoms with Crippen LogP contribution < -0.4 is 0 Å². The van der Waals surface area contributed by atoms with Gasteiger partial charge in [0.1, 0.15) is 11.6 Å². The summed E-state index contributed by atoms with van der Waals surface area (Å²) >= 11 is 11.5. The van der Waals surface area contributed by atoms with Crippen molar-refractivity contribution in [3.63, 3.8) is 0 Å². The lowest BCUT2D eigenvalue weighted by Crippen LogP contribution is -2.10. The van der Waals surface area contributed by atoms with Crippen LogP contribution in [0.3, 0.4) is 0 Å². The molecule has 5 heteroatoms. The van der Waals surface area contributed by atoms with Crippen molar-refractivity contribution in [3.8, 4) is 0 Å². The minimum absolute atomic E-state index is 0.0674. The monoisotopic (exact) mass is 304 g/mol. The fourth-order valence-electron chi connectivity index (χ4n) is 1.71. The van der Waals surface area contributed by atoms with Crippen LogP contribution in [-0.4, -0.2) is 11.6 Å². The van der Waals surface area contributed by atoms with E-state index in [2.05, 4.69) is 0 Å². The molecule has 0 amide bonds. The van der Waals surface area contributed by atoms with Crippen LogP contribution in [0.15, 0.2) is 12.1 Å². The van der Waals surface area contributed by atoms with Gasteiger partial charge in [0.2, 0.25) is 0 Å².